The van der Waals surface area contributed by atoms with Gasteiger partial charge in [0, 0.05) is 51.2 Å². The van der Waals surface area contributed by atoms with Gasteiger partial charge in [-0.1, -0.05) is 6.07 Å². The average Bonchev–Trinajstić information content (AvgIpc) is 3.28. The van der Waals surface area contributed by atoms with Gasteiger partial charge >= 0.3 is 0 Å². The number of nitrogens with zero attached hydrogens (tertiary/aromatic N) is 3. The highest BCUT2D eigenvalue weighted by atomic mass is 32.1. The smallest absolute Gasteiger partial charge is 0.191 e. The van der Waals surface area contributed by atoms with Gasteiger partial charge in [-0.2, -0.15) is 0 Å². The highest BCUT2D eigenvalue weighted by molar-refractivity contribution is 7.10. The zero-order valence-electron chi connectivity index (χ0n) is 17.1. The molecule has 1 unspecified atom stereocenters. The normalized spacial score (nSPS) is 20.8. The highest BCUT2D eigenvalue weighted by Crippen LogP contribution is 2.25. The van der Waals surface area contributed by atoms with Crippen molar-refractivity contribution in [3.8, 4) is 0 Å². The van der Waals surface area contributed by atoms with Gasteiger partial charge in [0.05, 0.1) is 32.5 Å². The van der Waals surface area contributed by atoms with E-state index in [-0.39, 0.29) is 0 Å². The van der Waals surface area contributed by atoms with Gasteiger partial charge in [0.15, 0.2) is 5.96 Å². The molecule has 0 aliphatic carbocycles. The maximum atomic E-state index is 5.53. The van der Waals surface area contributed by atoms with Crippen LogP contribution >= 0.6 is 11.3 Å². The Morgan fingerprint density at radius 1 is 1.11 bits per heavy atom. The minimum atomic E-state index is 0.365. The molecule has 0 spiro atoms. The van der Waals surface area contributed by atoms with Crippen LogP contribution in [0.15, 0.2) is 22.5 Å². The summed E-state index contributed by atoms with van der Waals surface area (Å²) in [5, 5.41) is 9.16. The summed E-state index contributed by atoms with van der Waals surface area (Å²) in [5.74, 6) is 0.890. The number of morpholine rings is 2. The summed E-state index contributed by atoms with van der Waals surface area (Å²) in [7, 11) is 1.85. The molecule has 2 aliphatic rings. The number of thiophene rings is 1. The van der Waals surface area contributed by atoms with Crippen molar-refractivity contribution in [3.05, 3.63) is 22.4 Å². The van der Waals surface area contributed by atoms with E-state index < -0.39 is 0 Å². The topological polar surface area (TPSA) is 61.4 Å². The lowest BCUT2D eigenvalue weighted by atomic mass is 10.2. The van der Waals surface area contributed by atoms with Gasteiger partial charge in [0.2, 0.25) is 0 Å². The van der Waals surface area contributed by atoms with Gasteiger partial charge in [-0.25, -0.2) is 0 Å². The quantitative estimate of drug-likeness (QED) is 0.365. The Hall–Kier alpha value is -1.19. The number of ether oxygens (including phenoxy) is 2. The van der Waals surface area contributed by atoms with Crippen LogP contribution in [0.25, 0.3) is 0 Å². The molecule has 2 saturated heterocycles. The molecule has 3 rings (SSSR count). The molecular weight excluding hydrogens is 374 g/mol. The fraction of sp³-hybridized carbons (Fsp3) is 0.750. The summed E-state index contributed by atoms with van der Waals surface area (Å²) in [5.41, 5.74) is 0. The summed E-state index contributed by atoms with van der Waals surface area (Å²) in [6.45, 7) is 10.5. The highest BCUT2D eigenvalue weighted by Gasteiger charge is 2.23. The summed E-state index contributed by atoms with van der Waals surface area (Å²) >= 11 is 1.83. The molecule has 3 heterocycles. The number of rotatable bonds is 9. The number of hydrogen-bond donors (Lipinski definition) is 2. The van der Waals surface area contributed by atoms with E-state index in [4.69, 9.17) is 9.47 Å². The molecule has 28 heavy (non-hydrogen) atoms. The van der Waals surface area contributed by atoms with Gasteiger partial charge < -0.3 is 20.1 Å². The van der Waals surface area contributed by atoms with Crippen LogP contribution in [-0.2, 0) is 9.47 Å². The molecular formula is C20H35N5O2S. The first-order valence-corrected chi connectivity index (χ1v) is 11.3. The zero-order valence-corrected chi connectivity index (χ0v) is 17.9. The molecule has 1 aromatic heterocycles. The van der Waals surface area contributed by atoms with E-state index in [0.717, 1.165) is 84.6 Å². The van der Waals surface area contributed by atoms with Crippen LogP contribution in [0, 0.1) is 0 Å². The molecule has 0 amide bonds. The number of nitrogens with one attached hydrogen (secondary N) is 2. The molecule has 0 aromatic carbocycles. The van der Waals surface area contributed by atoms with E-state index in [0.29, 0.717) is 6.04 Å². The minimum absolute atomic E-state index is 0.365. The van der Waals surface area contributed by atoms with E-state index in [1.807, 2.05) is 18.4 Å². The van der Waals surface area contributed by atoms with Gasteiger partial charge in [-0.05, 0) is 30.8 Å². The maximum Gasteiger partial charge on any atom is 0.191 e. The number of guanidine groups is 1. The van der Waals surface area contributed by atoms with Crippen molar-refractivity contribution in [1.29, 1.82) is 0 Å². The third-order valence-corrected chi connectivity index (χ3v) is 6.32. The Kier molecular flexibility index (Phi) is 9.52. The standard InChI is InChI=1S/C20H35N5O2S/c1-21-20(22-6-2-3-7-24-8-12-26-13-9-24)23-17-18(19-5-4-16-28-19)25-10-14-27-15-11-25/h4-5,16,18H,2-3,6-15,17H2,1H3,(H2,21,22,23). The number of hydrogen-bond acceptors (Lipinski definition) is 6. The first-order chi connectivity index (χ1) is 13.9. The van der Waals surface area contributed by atoms with Crippen molar-refractivity contribution in [2.45, 2.75) is 18.9 Å². The Balaban J connectivity index is 1.37. The van der Waals surface area contributed by atoms with Crippen molar-refractivity contribution in [2.24, 2.45) is 4.99 Å². The first kappa shape index (κ1) is 21.5. The summed E-state index contributed by atoms with van der Waals surface area (Å²) in [6.07, 6.45) is 2.35. The predicted octanol–water partition coefficient (Wildman–Crippen LogP) is 1.40. The van der Waals surface area contributed by atoms with E-state index in [9.17, 15) is 0 Å². The van der Waals surface area contributed by atoms with E-state index in [2.05, 4.69) is 42.9 Å². The summed E-state index contributed by atoms with van der Waals surface area (Å²) < 4.78 is 10.9. The number of aliphatic imine (C=N–C) groups is 1. The molecule has 2 N–H and O–H groups in total. The monoisotopic (exact) mass is 409 g/mol. The Labute approximate surface area is 173 Å². The number of unbranched alkanes of at least 4 members (excludes halogenated alkanes) is 1. The fourth-order valence-corrected chi connectivity index (χ4v) is 4.55. The van der Waals surface area contributed by atoms with Gasteiger partial charge in [-0.3, -0.25) is 14.8 Å². The third-order valence-electron chi connectivity index (χ3n) is 5.34. The molecule has 2 aliphatic heterocycles. The second-order valence-electron chi connectivity index (χ2n) is 7.22. The summed E-state index contributed by atoms with van der Waals surface area (Å²) in [6, 6.07) is 4.73. The maximum absolute atomic E-state index is 5.53. The van der Waals surface area contributed by atoms with Crippen molar-refractivity contribution in [2.75, 3.05) is 79.3 Å². The molecule has 0 bridgehead atoms. The van der Waals surface area contributed by atoms with Crippen LogP contribution < -0.4 is 10.6 Å². The van der Waals surface area contributed by atoms with E-state index in [1.54, 1.807) is 0 Å². The van der Waals surface area contributed by atoms with Crippen LogP contribution in [0.4, 0.5) is 0 Å². The van der Waals surface area contributed by atoms with Crippen molar-refractivity contribution in [3.63, 3.8) is 0 Å². The second kappa shape index (κ2) is 12.4. The Morgan fingerprint density at radius 3 is 2.54 bits per heavy atom. The van der Waals surface area contributed by atoms with Crippen LogP contribution in [0.5, 0.6) is 0 Å². The molecule has 1 atom stereocenters. The predicted molar refractivity (Wildman–Crippen MR) is 115 cm³/mol. The summed E-state index contributed by atoms with van der Waals surface area (Å²) in [4.78, 5) is 10.8. The third kappa shape index (κ3) is 7.00. The van der Waals surface area contributed by atoms with Gasteiger partial charge in [-0.15, -0.1) is 11.3 Å². The molecule has 0 saturated carbocycles. The largest absolute Gasteiger partial charge is 0.379 e. The Bertz CT molecular complexity index is 557. The van der Waals surface area contributed by atoms with Gasteiger partial charge in [0.1, 0.15) is 0 Å². The van der Waals surface area contributed by atoms with Crippen molar-refractivity contribution < 1.29 is 9.47 Å². The van der Waals surface area contributed by atoms with E-state index in [1.165, 1.54) is 11.3 Å². The van der Waals surface area contributed by atoms with Crippen LogP contribution in [-0.4, -0.2) is 95.0 Å². The van der Waals surface area contributed by atoms with E-state index >= 15 is 0 Å². The van der Waals surface area contributed by atoms with Crippen LogP contribution in [0.1, 0.15) is 23.8 Å². The molecule has 0 radical (unpaired) electrons. The molecule has 1 aromatic rings. The lowest BCUT2D eigenvalue weighted by Crippen LogP contribution is -2.46. The van der Waals surface area contributed by atoms with Gasteiger partial charge in [0.25, 0.3) is 0 Å². The SMILES string of the molecule is CN=C(NCCCCN1CCOCC1)NCC(c1cccs1)N1CCOCC1. The Morgan fingerprint density at radius 2 is 1.86 bits per heavy atom. The lowest BCUT2D eigenvalue weighted by Gasteiger charge is -2.34. The van der Waals surface area contributed by atoms with Crippen molar-refractivity contribution in [1.82, 2.24) is 20.4 Å². The lowest BCUT2D eigenvalue weighted by molar-refractivity contribution is 0.0177. The minimum Gasteiger partial charge on any atom is -0.379 e. The van der Waals surface area contributed by atoms with Crippen LogP contribution in [0.2, 0.25) is 0 Å². The molecule has 158 valence electrons. The molecule has 2 fully saturated rings. The first-order valence-electron chi connectivity index (χ1n) is 10.5. The average molecular weight is 410 g/mol. The zero-order chi connectivity index (χ0) is 19.4. The molecule has 8 heteroatoms. The second-order valence-corrected chi connectivity index (χ2v) is 8.20. The van der Waals surface area contributed by atoms with Crippen molar-refractivity contribution >= 4 is 17.3 Å². The fourth-order valence-electron chi connectivity index (χ4n) is 3.69. The van der Waals surface area contributed by atoms with Crippen LogP contribution in [0.3, 0.4) is 0 Å². The molecule has 7 nitrogen and oxygen atoms in total.